The summed E-state index contributed by atoms with van der Waals surface area (Å²) in [4.78, 5) is 17.0. The molecule has 0 atom stereocenters. The monoisotopic (exact) mass is 365 g/mol. The van der Waals surface area contributed by atoms with Crippen molar-refractivity contribution < 1.29 is 9.53 Å². The highest BCUT2D eigenvalue weighted by Gasteiger charge is 2.12. The number of carbonyl (C=O) groups is 1. The van der Waals surface area contributed by atoms with Gasteiger partial charge in [0.1, 0.15) is 17.2 Å². The number of hydrazone groups is 1. The molecule has 26 heavy (non-hydrogen) atoms. The fourth-order valence-electron chi connectivity index (χ4n) is 2.41. The molecule has 0 unspecified atom stereocenters. The number of carbonyl (C=O) groups excluding carboxylic acids is 1. The number of benzene rings is 2. The number of hydrogen-bond acceptors (Lipinski definition) is 5. The third-order valence-corrected chi connectivity index (χ3v) is 4.71. The molecule has 0 bridgehead atoms. The minimum atomic E-state index is -0.257. The summed E-state index contributed by atoms with van der Waals surface area (Å²) < 4.78 is 5.88. The molecule has 0 aliphatic rings. The topological polar surface area (TPSA) is 63.6 Å². The first-order chi connectivity index (χ1) is 12.6. The molecule has 0 aliphatic heterocycles. The second kappa shape index (κ2) is 8.40. The van der Waals surface area contributed by atoms with Gasteiger partial charge in [0, 0.05) is 5.56 Å². The van der Waals surface area contributed by atoms with Gasteiger partial charge >= 0.3 is 0 Å². The maximum absolute atomic E-state index is 12.2. The van der Waals surface area contributed by atoms with Gasteiger partial charge < -0.3 is 4.74 Å². The predicted molar refractivity (Wildman–Crippen MR) is 104 cm³/mol. The minimum Gasteiger partial charge on any atom is -0.488 e. The summed E-state index contributed by atoms with van der Waals surface area (Å²) >= 11 is 1.36. The summed E-state index contributed by atoms with van der Waals surface area (Å²) in [7, 11) is 0. The molecule has 0 fully saturated rings. The van der Waals surface area contributed by atoms with Gasteiger partial charge in [-0.05, 0) is 31.5 Å². The molecule has 0 saturated heterocycles. The van der Waals surface area contributed by atoms with Crippen molar-refractivity contribution in [2.75, 3.05) is 0 Å². The maximum Gasteiger partial charge on any atom is 0.283 e. The van der Waals surface area contributed by atoms with Crippen LogP contribution in [0.5, 0.6) is 5.75 Å². The second-order valence-corrected chi connectivity index (χ2v) is 6.86. The van der Waals surface area contributed by atoms with E-state index in [0.29, 0.717) is 22.9 Å². The zero-order valence-corrected chi connectivity index (χ0v) is 15.4. The fraction of sp³-hybridized carbons (Fsp3) is 0.150. The van der Waals surface area contributed by atoms with Crippen LogP contribution in [-0.2, 0) is 6.61 Å². The number of rotatable bonds is 6. The largest absolute Gasteiger partial charge is 0.488 e. The molecular weight excluding hydrogens is 346 g/mol. The van der Waals surface area contributed by atoms with E-state index in [4.69, 9.17) is 4.74 Å². The van der Waals surface area contributed by atoms with Gasteiger partial charge in [0.2, 0.25) is 0 Å². The van der Waals surface area contributed by atoms with Crippen LogP contribution in [0.15, 0.2) is 59.7 Å². The Bertz CT molecular complexity index is 920. The number of nitrogens with zero attached hydrogens (tertiary/aromatic N) is 2. The van der Waals surface area contributed by atoms with Gasteiger partial charge in [-0.25, -0.2) is 10.4 Å². The molecular formula is C20H19N3O2S. The number of aryl methyl sites for hydroxylation is 2. The van der Waals surface area contributed by atoms with Crippen molar-refractivity contribution in [2.45, 2.75) is 20.5 Å². The first kappa shape index (κ1) is 17.8. The molecule has 132 valence electrons. The van der Waals surface area contributed by atoms with Crippen molar-refractivity contribution in [3.63, 3.8) is 0 Å². The molecule has 0 aliphatic carbocycles. The van der Waals surface area contributed by atoms with Gasteiger partial charge in [0.05, 0.1) is 16.9 Å². The van der Waals surface area contributed by atoms with Crippen LogP contribution in [0, 0.1) is 13.8 Å². The second-order valence-electron chi connectivity index (χ2n) is 5.66. The van der Waals surface area contributed by atoms with Crippen molar-refractivity contribution in [3.8, 4) is 5.75 Å². The lowest BCUT2D eigenvalue weighted by molar-refractivity contribution is 0.0958. The average Bonchev–Trinajstić information content (AvgIpc) is 3.00. The Balaban J connectivity index is 1.65. The summed E-state index contributed by atoms with van der Waals surface area (Å²) in [5.41, 5.74) is 5.14. The van der Waals surface area contributed by atoms with E-state index in [9.17, 15) is 4.79 Å². The smallest absolute Gasteiger partial charge is 0.283 e. The van der Waals surface area contributed by atoms with E-state index in [1.807, 2.05) is 68.4 Å². The number of hydrogen-bond donors (Lipinski definition) is 1. The number of amides is 1. The zero-order chi connectivity index (χ0) is 18.4. The molecule has 1 heterocycles. The van der Waals surface area contributed by atoms with Crippen molar-refractivity contribution in [1.29, 1.82) is 0 Å². The van der Waals surface area contributed by atoms with Crippen LogP contribution < -0.4 is 10.2 Å². The van der Waals surface area contributed by atoms with E-state index in [1.165, 1.54) is 11.3 Å². The Morgan fingerprint density at radius 1 is 1.15 bits per heavy atom. The minimum absolute atomic E-state index is 0.257. The van der Waals surface area contributed by atoms with Crippen LogP contribution in [0.1, 0.15) is 31.5 Å². The van der Waals surface area contributed by atoms with Crippen LogP contribution in [-0.4, -0.2) is 17.1 Å². The molecule has 0 spiro atoms. The van der Waals surface area contributed by atoms with Gasteiger partial charge in [-0.15, -0.1) is 11.3 Å². The zero-order valence-electron chi connectivity index (χ0n) is 14.6. The summed E-state index contributed by atoms with van der Waals surface area (Å²) in [6.07, 6.45) is 1.58. The molecule has 3 rings (SSSR count). The lowest BCUT2D eigenvalue weighted by Crippen LogP contribution is -2.17. The highest BCUT2D eigenvalue weighted by molar-refractivity contribution is 7.13. The molecule has 2 aromatic carbocycles. The normalized spacial score (nSPS) is 10.8. The molecule has 6 heteroatoms. The van der Waals surface area contributed by atoms with E-state index in [2.05, 4.69) is 15.5 Å². The molecule has 1 N–H and O–H groups in total. The highest BCUT2D eigenvalue weighted by Crippen LogP contribution is 2.18. The Labute approximate surface area is 156 Å². The quantitative estimate of drug-likeness (QED) is 0.528. The molecule has 5 nitrogen and oxygen atoms in total. The Morgan fingerprint density at radius 3 is 2.62 bits per heavy atom. The Morgan fingerprint density at radius 2 is 1.88 bits per heavy atom. The fourth-order valence-corrected chi connectivity index (χ4v) is 3.22. The van der Waals surface area contributed by atoms with Crippen molar-refractivity contribution in [3.05, 3.63) is 81.3 Å². The van der Waals surface area contributed by atoms with Gasteiger partial charge in [0.15, 0.2) is 0 Å². The number of nitrogens with one attached hydrogen (secondary N) is 1. The highest BCUT2D eigenvalue weighted by atomic mass is 32.1. The van der Waals surface area contributed by atoms with E-state index in [1.54, 1.807) is 6.21 Å². The Hall–Kier alpha value is -2.99. The third kappa shape index (κ3) is 4.55. The van der Waals surface area contributed by atoms with Gasteiger partial charge in [0.25, 0.3) is 5.91 Å². The van der Waals surface area contributed by atoms with Crippen LogP contribution in [0.3, 0.4) is 0 Å². The van der Waals surface area contributed by atoms with E-state index in [0.717, 1.165) is 16.1 Å². The average molecular weight is 365 g/mol. The van der Waals surface area contributed by atoms with Gasteiger partial charge in [-0.3, -0.25) is 4.79 Å². The predicted octanol–water partition coefficient (Wildman–Crippen LogP) is 4.10. The van der Waals surface area contributed by atoms with E-state index in [-0.39, 0.29) is 5.91 Å². The van der Waals surface area contributed by atoms with Crippen LogP contribution in [0.2, 0.25) is 0 Å². The molecule has 0 saturated carbocycles. The summed E-state index contributed by atoms with van der Waals surface area (Å²) in [5.74, 6) is 0.450. The number of para-hydroxylation sites is 1. The third-order valence-electron chi connectivity index (χ3n) is 3.64. The van der Waals surface area contributed by atoms with E-state index < -0.39 is 0 Å². The molecule has 1 aromatic heterocycles. The van der Waals surface area contributed by atoms with Crippen molar-refractivity contribution in [1.82, 2.24) is 10.4 Å². The Kier molecular flexibility index (Phi) is 5.76. The number of thiazole rings is 1. The molecule has 3 aromatic rings. The van der Waals surface area contributed by atoms with Crippen molar-refractivity contribution in [2.24, 2.45) is 5.10 Å². The number of ether oxygens (including phenoxy) is 1. The van der Waals surface area contributed by atoms with Gasteiger partial charge in [-0.2, -0.15) is 5.10 Å². The standard InChI is InChI=1S/C20H19N3O2S/c1-14-19(26-15(2)22-14)20(24)23-21-12-17-10-6-7-11-18(17)25-13-16-8-4-3-5-9-16/h3-12H,13H2,1-2H3,(H,23,24)/b21-12+. The lowest BCUT2D eigenvalue weighted by Gasteiger charge is -2.08. The SMILES string of the molecule is Cc1nc(C)c(C(=O)N/N=C/c2ccccc2OCc2ccccc2)s1. The molecule has 1 amide bonds. The first-order valence-electron chi connectivity index (χ1n) is 8.16. The number of aromatic nitrogens is 1. The lowest BCUT2D eigenvalue weighted by atomic mass is 10.2. The maximum atomic E-state index is 12.2. The first-order valence-corrected chi connectivity index (χ1v) is 8.98. The van der Waals surface area contributed by atoms with E-state index >= 15 is 0 Å². The van der Waals surface area contributed by atoms with Crippen LogP contribution >= 0.6 is 11.3 Å². The van der Waals surface area contributed by atoms with Crippen LogP contribution in [0.25, 0.3) is 0 Å². The van der Waals surface area contributed by atoms with Crippen molar-refractivity contribution >= 4 is 23.5 Å². The van der Waals surface area contributed by atoms with Crippen LogP contribution in [0.4, 0.5) is 0 Å². The summed E-state index contributed by atoms with van der Waals surface area (Å²) in [6, 6.07) is 17.5. The summed E-state index contributed by atoms with van der Waals surface area (Å²) in [6.45, 7) is 4.16. The summed E-state index contributed by atoms with van der Waals surface area (Å²) in [5, 5.41) is 4.92. The van der Waals surface area contributed by atoms with Gasteiger partial charge in [-0.1, -0.05) is 42.5 Å². The molecule has 0 radical (unpaired) electrons.